The zero-order valence-electron chi connectivity index (χ0n) is 22.3. The van der Waals surface area contributed by atoms with E-state index in [1.54, 1.807) is 21.6 Å². The summed E-state index contributed by atoms with van der Waals surface area (Å²) in [5, 5.41) is 8.95. The van der Waals surface area contributed by atoms with E-state index in [0.29, 0.717) is 34.7 Å². The summed E-state index contributed by atoms with van der Waals surface area (Å²) < 4.78 is 11.4. The van der Waals surface area contributed by atoms with E-state index in [4.69, 9.17) is 14.7 Å². The Balaban J connectivity index is 1.37. The molecule has 11 nitrogen and oxygen atoms in total. The van der Waals surface area contributed by atoms with Gasteiger partial charge in [-0.25, -0.2) is 14.3 Å². The van der Waals surface area contributed by atoms with Gasteiger partial charge in [0.2, 0.25) is 11.8 Å². The van der Waals surface area contributed by atoms with E-state index < -0.39 is 0 Å². The monoisotopic (exact) mass is 525 g/mol. The fourth-order valence-corrected chi connectivity index (χ4v) is 5.09. The van der Waals surface area contributed by atoms with Crippen LogP contribution in [0.15, 0.2) is 66.2 Å². The maximum absolute atomic E-state index is 13.3. The van der Waals surface area contributed by atoms with Crippen molar-refractivity contribution in [2.75, 3.05) is 18.9 Å². The number of piperidine rings is 1. The van der Waals surface area contributed by atoms with Crippen LogP contribution in [0, 0.1) is 0 Å². The number of hydrogen-bond donors (Lipinski definition) is 1. The summed E-state index contributed by atoms with van der Waals surface area (Å²) in [5.74, 6) is 1.41. The molecule has 6 rings (SSSR count). The molecule has 1 fully saturated rings. The van der Waals surface area contributed by atoms with Crippen molar-refractivity contribution < 1.29 is 4.74 Å². The van der Waals surface area contributed by atoms with Crippen LogP contribution in [-0.4, -0.2) is 64.7 Å². The summed E-state index contributed by atoms with van der Waals surface area (Å²) in [6, 6.07) is 11.9. The summed E-state index contributed by atoms with van der Waals surface area (Å²) in [4.78, 5) is 29.6. The number of aryl methyl sites for hydroxylation is 1. The molecular weight excluding hydrogens is 494 g/mol. The highest BCUT2D eigenvalue weighted by atomic mass is 16.5. The highest BCUT2D eigenvalue weighted by Crippen LogP contribution is 2.24. The molecule has 0 bridgehead atoms. The first kappa shape index (κ1) is 24.8. The van der Waals surface area contributed by atoms with Crippen LogP contribution in [0.3, 0.4) is 0 Å². The van der Waals surface area contributed by atoms with E-state index in [2.05, 4.69) is 40.8 Å². The smallest absolute Gasteiger partial charge is 0.278 e. The first-order valence-electron chi connectivity index (χ1n) is 13.0. The lowest BCUT2D eigenvalue weighted by molar-refractivity contribution is 0.0759. The van der Waals surface area contributed by atoms with Crippen molar-refractivity contribution in [3.05, 3.63) is 71.8 Å². The summed E-state index contributed by atoms with van der Waals surface area (Å²) >= 11 is 0. The molecule has 5 aromatic rings. The van der Waals surface area contributed by atoms with E-state index in [0.717, 1.165) is 36.0 Å². The quantitative estimate of drug-likeness (QED) is 0.321. The van der Waals surface area contributed by atoms with Gasteiger partial charge in [0.15, 0.2) is 11.5 Å². The molecule has 1 saturated heterocycles. The summed E-state index contributed by atoms with van der Waals surface area (Å²) in [7, 11) is 4.04. The predicted molar refractivity (Wildman–Crippen MR) is 151 cm³/mol. The van der Waals surface area contributed by atoms with Gasteiger partial charge in [-0.15, -0.1) is 6.58 Å². The van der Waals surface area contributed by atoms with Crippen LogP contribution < -0.4 is 15.6 Å². The zero-order valence-corrected chi connectivity index (χ0v) is 22.3. The molecule has 0 saturated carbocycles. The van der Waals surface area contributed by atoms with Crippen LogP contribution in [0.25, 0.3) is 27.8 Å². The van der Waals surface area contributed by atoms with Crippen LogP contribution in [0.1, 0.15) is 19.8 Å². The number of nitrogens with zero attached hydrogens (tertiary/aromatic N) is 8. The standard InChI is InChI=1S/C28H31N9O2/c1-5-12-36-27(38)22-17-29-28(31-20-9-10-23-19(15-20)16-30-35(23)4)33-26(22)37(36)24-7-6-8-25(32-24)39-21-11-13-34(3)18(2)14-21/h5-10,15-18,21H,1,11-14H2,2-4H3,(H,29,31,33)/t18-,21+/m0/s1. The number of nitrogens with one attached hydrogen (secondary N) is 1. The van der Waals surface area contributed by atoms with Crippen LogP contribution in [0.4, 0.5) is 11.6 Å². The molecule has 5 heterocycles. The topological polar surface area (TPSA) is 108 Å². The van der Waals surface area contributed by atoms with E-state index >= 15 is 0 Å². The van der Waals surface area contributed by atoms with Crippen LogP contribution >= 0.6 is 0 Å². The van der Waals surface area contributed by atoms with Crippen molar-refractivity contribution in [1.29, 1.82) is 0 Å². The van der Waals surface area contributed by atoms with E-state index in [1.165, 1.54) is 0 Å². The number of aromatic nitrogens is 7. The number of fused-ring (bicyclic) bond motifs is 2. The predicted octanol–water partition coefficient (Wildman–Crippen LogP) is 3.66. The molecule has 0 spiro atoms. The minimum Gasteiger partial charge on any atom is -0.474 e. The van der Waals surface area contributed by atoms with Gasteiger partial charge in [0.1, 0.15) is 11.5 Å². The Morgan fingerprint density at radius 1 is 1.18 bits per heavy atom. The van der Waals surface area contributed by atoms with E-state index in [-0.39, 0.29) is 18.2 Å². The van der Waals surface area contributed by atoms with Gasteiger partial charge in [-0.2, -0.15) is 15.1 Å². The van der Waals surface area contributed by atoms with Crippen LogP contribution in [0.2, 0.25) is 0 Å². The van der Waals surface area contributed by atoms with Crippen LogP contribution in [0.5, 0.6) is 5.88 Å². The molecule has 0 amide bonds. The van der Waals surface area contributed by atoms with E-state index in [9.17, 15) is 4.79 Å². The number of pyridine rings is 1. The third-order valence-electron chi connectivity index (χ3n) is 7.35. The van der Waals surface area contributed by atoms with Gasteiger partial charge >= 0.3 is 0 Å². The number of rotatable bonds is 7. The highest BCUT2D eigenvalue weighted by Gasteiger charge is 2.25. The summed E-state index contributed by atoms with van der Waals surface area (Å²) in [6.45, 7) is 7.31. The van der Waals surface area contributed by atoms with Crippen molar-refractivity contribution in [1.82, 2.24) is 39.0 Å². The maximum Gasteiger partial charge on any atom is 0.278 e. The normalized spacial score (nSPS) is 18.0. The Bertz CT molecular complexity index is 1730. The molecule has 1 N–H and O–H groups in total. The Morgan fingerprint density at radius 3 is 2.87 bits per heavy atom. The van der Waals surface area contributed by atoms with Crippen molar-refractivity contribution >= 4 is 33.6 Å². The molecule has 1 aromatic carbocycles. The Kier molecular flexibility index (Phi) is 6.35. The third kappa shape index (κ3) is 4.65. The van der Waals surface area contributed by atoms with Gasteiger partial charge in [-0.1, -0.05) is 12.1 Å². The largest absolute Gasteiger partial charge is 0.474 e. The molecule has 39 heavy (non-hydrogen) atoms. The van der Waals surface area contributed by atoms with Crippen molar-refractivity contribution in [2.45, 2.75) is 38.5 Å². The second-order valence-electron chi connectivity index (χ2n) is 10.0. The van der Waals surface area contributed by atoms with E-state index in [1.807, 2.05) is 54.3 Å². The number of anilines is 2. The highest BCUT2D eigenvalue weighted by molar-refractivity contribution is 5.83. The molecule has 0 unspecified atom stereocenters. The number of likely N-dealkylation sites (tertiary alicyclic amines) is 1. The van der Waals surface area contributed by atoms with Gasteiger partial charge < -0.3 is 15.0 Å². The Morgan fingerprint density at radius 2 is 2.05 bits per heavy atom. The lowest BCUT2D eigenvalue weighted by atomic mass is 10.0. The van der Waals surface area contributed by atoms with Crippen LogP contribution in [-0.2, 0) is 13.6 Å². The average molecular weight is 526 g/mol. The van der Waals surface area contributed by atoms with Gasteiger partial charge in [-0.3, -0.25) is 9.48 Å². The van der Waals surface area contributed by atoms with Gasteiger partial charge in [0, 0.05) is 43.0 Å². The molecular formula is C28H31N9O2. The summed E-state index contributed by atoms with van der Waals surface area (Å²) in [5.41, 5.74) is 2.06. The molecule has 200 valence electrons. The zero-order chi connectivity index (χ0) is 27.1. The number of allylic oxidation sites excluding steroid dienone is 1. The minimum atomic E-state index is -0.217. The first-order chi connectivity index (χ1) is 18.9. The molecule has 1 aliphatic rings. The van der Waals surface area contributed by atoms with Gasteiger partial charge in [-0.05, 0) is 51.1 Å². The first-order valence-corrected chi connectivity index (χ1v) is 13.0. The molecule has 0 radical (unpaired) electrons. The second-order valence-corrected chi connectivity index (χ2v) is 10.0. The fraction of sp³-hybridized carbons (Fsp3) is 0.321. The molecule has 11 heteroatoms. The third-order valence-corrected chi connectivity index (χ3v) is 7.35. The lowest BCUT2D eigenvalue weighted by Crippen LogP contribution is -2.42. The van der Waals surface area contributed by atoms with Crippen molar-refractivity contribution in [3.8, 4) is 11.7 Å². The number of benzene rings is 1. The lowest BCUT2D eigenvalue weighted by Gasteiger charge is -2.34. The molecule has 2 atom stereocenters. The number of ether oxygens (including phenoxy) is 1. The SMILES string of the molecule is C=CCn1c(=O)c2cnc(Nc3ccc4c(cnn4C)c3)nc2n1-c1cccc(O[C@@H]2CCN(C)[C@@H](C)C2)n1. The fourth-order valence-electron chi connectivity index (χ4n) is 5.09. The maximum atomic E-state index is 13.3. The molecule has 0 aliphatic carbocycles. The summed E-state index contributed by atoms with van der Waals surface area (Å²) in [6.07, 6.45) is 6.99. The second kappa shape index (κ2) is 9.99. The average Bonchev–Trinajstić information content (AvgIpc) is 3.43. The van der Waals surface area contributed by atoms with Crippen molar-refractivity contribution in [3.63, 3.8) is 0 Å². The number of hydrogen-bond acceptors (Lipinski definition) is 8. The Labute approximate surface area is 225 Å². The molecule has 4 aromatic heterocycles. The Hall–Kier alpha value is -4.51. The van der Waals surface area contributed by atoms with Gasteiger partial charge in [0.25, 0.3) is 5.56 Å². The molecule has 1 aliphatic heterocycles. The minimum absolute atomic E-state index is 0.0889. The van der Waals surface area contributed by atoms with Gasteiger partial charge in [0.05, 0.1) is 18.3 Å². The van der Waals surface area contributed by atoms with Crippen molar-refractivity contribution in [2.24, 2.45) is 7.05 Å².